The summed E-state index contributed by atoms with van der Waals surface area (Å²) in [5, 5.41) is 0. The van der Waals surface area contributed by atoms with Crippen LogP contribution >= 0.6 is 0 Å². The number of carbonyl (C=O) groups excluding carboxylic acids is 1. The minimum Gasteiger partial charge on any atom is -0.385 e. The van der Waals surface area contributed by atoms with Gasteiger partial charge in [-0.3, -0.25) is 4.79 Å². The lowest BCUT2D eigenvalue weighted by Gasteiger charge is -2.20. The highest BCUT2D eigenvalue weighted by molar-refractivity contribution is 5.94. The highest BCUT2D eigenvalue weighted by atomic mass is 19.1. The number of ether oxygens (including phenoxy) is 1. The molecule has 0 spiro atoms. The van der Waals surface area contributed by atoms with Crippen molar-refractivity contribution < 1.29 is 13.9 Å². The van der Waals surface area contributed by atoms with Gasteiger partial charge in [0, 0.05) is 32.9 Å². The summed E-state index contributed by atoms with van der Waals surface area (Å²) in [6.07, 6.45) is 0.834. The van der Waals surface area contributed by atoms with Crippen LogP contribution in [0, 0.1) is 5.82 Å². The lowest BCUT2D eigenvalue weighted by atomic mass is 10.1. The number of hydrogen-bond acceptors (Lipinski definition) is 3. The molecule has 1 rings (SSSR count). The van der Waals surface area contributed by atoms with Gasteiger partial charge in [-0.25, -0.2) is 4.39 Å². The van der Waals surface area contributed by atoms with E-state index in [4.69, 9.17) is 4.74 Å². The molecule has 0 heterocycles. The van der Waals surface area contributed by atoms with E-state index in [2.05, 4.69) is 0 Å². The molecule has 0 radical (unpaired) electrons. The third kappa shape index (κ3) is 3.82. The molecule has 0 saturated heterocycles. The molecule has 17 heavy (non-hydrogen) atoms. The van der Waals surface area contributed by atoms with Gasteiger partial charge in [-0.15, -0.1) is 0 Å². The number of methoxy groups -OCH3 is 1. The van der Waals surface area contributed by atoms with Crippen molar-refractivity contribution in [2.24, 2.45) is 0 Å². The summed E-state index contributed by atoms with van der Waals surface area (Å²) in [5.74, 6) is -0.491. The van der Waals surface area contributed by atoms with Crippen LogP contribution < -0.4 is 4.90 Å². The first-order chi connectivity index (χ1) is 8.06. The zero-order chi connectivity index (χ0) is 12.8. The van der Waals surface area contributed by atoms with Gasteiger partial charge in [-0.05, 0) is 31.5 Å². The summed E-state index contributed by atoms with van der Waals surface area (Å²) in [6.45, 7) is 2.79. The van der Waals surface area contributed by atoms with Crippen LogP contribution in [-0.2, 0) is 4.74 Å². The van der Waals surface area contributed by atoms with Crippen LogP contribution in [0.4, 0.5) is 10.1 Å². The molecule has 0 aliphatic heterocycles. The van der Waals surface area contributed by atoms with Gasteiger partial charge < -0.3 is 9.64 Å². The number of hydrogen-bond donors (Lipinski definition) is 0. The predicted molar refractivity (Wildman–Crippen MR) is 66.2 cm³/mol. The summed E-state index contributed by atoms with van der Waals surface area (Å²) in [7, 11) is 3.46. The normalized spacial score (nSPS) is 10.4. The van der Waals surface area contributed by atoms with E-state index < -0.39 is 0 Å². The number of benzene rings is 1. The Morgan fingerprint density at radius 1 is 1.47 bits per heavy atom. The number of ketones is 1. The van der Waals surface area contributed by atoms with Crippen molar-refractivity contribution in [3.63, 3.8) is 0 Å². The van der Waals surface area contributed by atoms with E-state index in [-0.39, 0.29) is 11.6 Å². The first kappa shape index (κ1) is 13.6. The molecule has 1 aromatic rings. The fourth-order valence-electron chi connectivity index (χ4n) is 1.60. The molecule has 0 saturated carbocycles. The largest absolute Gasteiger partial charge is 0.385 e. The first-order valence-corrected chi connectivity index (χ1v) is 5.57. The molecule has 0 bridgehead atoms. The van der Waals surface area contributed by atoms with Gasteiger partial charge in [0.25, 0.3) is 0 Å². The van der Waals surface area contributed by atoms with Crippen molar-refractivity contribution in [2.45, 2.75) is 13.3 Å². The zero-order valence-electron chi connectivity index (χ0n) is 10.5. The van der Waals surface area contributed by atoms with E-state index >= 15 is 0 Å². The smallest absolute Gasteiger partial charge is 0.159 e. The fourth-order valence-corrected chi connectivity index (χ4v) is 1.60. The molecule has 0 fully saturated rings. The number of anilines is 1. The third-order valence-corrected chi connectivity index (χ3v) is 2.61. The molecule has 0 unspecified atom stereocenters. The van der Waals surface area contributed by atoms with Gasteiger partial charge in [0.15, 0.2) is 5.78 Å². The van der Waals surface area contributed by atoms with Gasteiger partial charge >= 0.3 is 0 Å². The molecule has 0 aromatic heterocycles. The van der Waals surface area contributed by atoms with Crippen molar-refractivity contribution >= 4 is 11.5 Å². The van der Waals surface area contributed by atoms with E-state index in [0.29, 0.717) is 24.4 Å². The van der Waals surface area contributed by atoms with Crippen LogP contribution in [0.1, 0.15) is 23.7 Å². The van der Waals surface area contributed by atoms with E-state index in [1.54, 1.807) is 19.2 Å². The maximum atomic E-state index is 13.7. The molecular formula is C13H18FNO2. The monoisotopic (exact) mass is 239 g/mol. The van der Waals surface area contributed by atoms with Crippen LogP contribution in [0.2, 0.25) is 0 Å². The highest BCUT2D eigenvalue weighted by Gasteiger charge is 2.09. The number of nitrogens with zero attached hydrogens (tertiary/aromatic N) is 1. The van der Waals surface area contributed by atoms with Gasteiger partial charge in [-0.2, -0.15) is 0 Å². The minimum atomic E-state index is -0.363. The molecule has 3 nitrogen and oxygen atoms in total. The molecule has 0 amide bonds. The van der Waals surface area contributed by atoms with E-state index in [1.165, 1.54) is 13.0 Å². The van der Waals surface area contributed by atoms with E-state index in [0.717, 1.165) is 6.42 Å². The molecule has 94 valence electrons. The van der Waals surface area contributed by atoms with Crippen LogP contribution in [0.15, 0.2) is 18.2 Å². The van der Waals surface area contributed by atoms with E-state index in [9.17, 15) is 9.18 Å². The zero-order valence-corrected chi connectivity index (χ0v) is 10.5. The van der Waals surface area contributed by atoms with Crippen molar-refractivity contribution in [3.8, 4) is 0 Å². The molecule has 0 aliphatic carbocycles. The second kappa shape index (κ2) is 6.35. The molecular weight excluding hydrogens is 221 g/mol. The van der Waals surface area contributed by atoms with Crippen molar-refractivity contribution in [2.75, 3.05) is 32.2 Å². The minimum absolute atomic E-state index is 0.127. The quantitative estimate of drug-likeness (QED) is 0.564. The molecule has 0 aliphatic rings. The summed E-state index contributed by atoms with van der Waals surface area (Å²) in [5.41, 5.74) is 0.905. The lowest BCUT2D eigenvalue weighted by molar-refractivity contribution is 0.101. The Morgan fingerprint density at radius 3 is 2.71 bits per heavy atom. The van der Waals surface area contributed by atoms with Crippen LogP contribution in [0.3, 0.4) is 0 Å². The van der Waals surface area contributed by atoms with Crippen molar-refractivity contribution in [3.05, 3.63) is 29.6 Å². The fraction of sp³-hybridized carbons (Fsp3) is 0.462. The summed E-state index contributed by atoms with van der Waals surface area (Å²) < 4.78 is 18.7. The standard InChI is InChI=1S/C13H18FNO2/c1-10(16)11-5-6-13(12(14)9-11)15(2)7-4-8-17-3/h5-6,9H,4,7-8H2,1-3H3. The lowest BCUT2D eigenvalue weighted by Crippen LogP contribution is -2.21. The van der Waals surface area contributed by atoms with Gasteiger partial charge in [0.2, 0.25) is 0 Å². The second-order valence-electron chi connectivity index (χ2n) is 3.99. The number of carbonyl (C=O) groups is 1. The van der Waals surface area contributed by atoms with Gasteiger partial charge in [0.05, 0.1) is 5.69 Å². The highest BCUT2D eigenvalue weighted by Crippen LogP contribution is 2.19. The van der Waals surface area contributed by atoms with Gasteiger partial charge in [-0.1, -0.05) is 0 Å². The molecule has 0 atom stereocenters. The maximum absolute atomic E-state index is 13.7. The topological polar surface area (TPSA) is 29.5 Å². The second-order valence-corrected chi connectivity index (χ2v) is 3.99. The molecule has 4 heteroatoms. The Hall–Kier alpha value is -1.42. The summed E-state index contributed by atoms with van der Waals surface area (Å²) in [4.78, 5) is 12.9. The van der Waals surface area contributed by atoms with Crippen molar-refractivity contribution in [1.82, 2.24) is 0 Å². The summed E-state index contributed by atoms with van der Waals surface area (Å²) >= 11 is 0. The summed E-state index contributed by atoms with van der Waals surface area (Å²) in [6, 6.07) is 4.57. The molecule has 0 N–H and O–H groups in total. The van der Waals surface area contributed by atoms with Crippen LogP contribution in [-0.4, -0.2) is 33.1 Å². The Kier molecular flexibility index (Phi) is 5.10. The Balaban J connectivity index is 2.74. The Morgan fingerprint density at radius 2 is 2.18 bits per heavy atom. The Labute approximate surface area is 101 Å². The van der Waals surface area contributed by atoms with Crippen LogP contribution in [0.5, 0.6) is 0 Å². The number of Topliss-reactive ketones (excluding diaryl/α,β-unsaturated/α-hetero) is 1. The average Bonchev–Trinajstić information content (AvgIpc) is 2.28. The van der Waals surface area contributed by atoms with Crippen LogP contribution in [0.25, 0.3) is 0 Å². The molecule has 1 aromatic carbocycles. The maximum Gasteiger partial charge on any atom is 0.159 e. The van der Waals surface area contributed by atoms with E-state index in [1.807, 2.05) is 11.9 Å². The third-order valence-electron chi connectivity index (χ3n) is 2.61. The average molecular weight is 239 g/mol. The van der Waals surface area contributed by atoms with Gasteiger partial charge in [0.1, 0.15) is 5.82 Å². The number of rotatable bonds is 6. The number of halogens is 1. The van der Waals surface area contributed by atoms with Crippen molar-refractivity contribution in [1.29, 1.82) is 0 Å². The first-order valence-electron chi connectivity index (χ1n) is 5.57. The SMILES string of the molecule is COCCCN(C)c1ccc(C(C)=O)cc1F. The Bertz CT molecular complexity index is 393. The predicted octanol–water partition coefficient (Wildman–Crippen LogP) is 2.50.